The average Bonchev–Trinajstić information content (AvgIpc) is 3.38. The van der Waals surface area contributed by atoms with Crippen LogP contribution in [-0.2, 0) is 14.6 Å². The zero-order valence-electron chi connectivity index (χ0n) is 20.5. The third-order valence-corrected chi connectivity index (χ3v) is 9.19. The van der Waals surface area contributed by atoms with E-state index in [2.05, 4.69) is 27.0 Å². The quantitative estimate of drug-likeness (QED) is 0.349. The van der Waals surface area contributed by atoms with Gasteiger partial charge >= 0.3 is 0 Å². The van der Waals surface area contributed by atoms with Crippen LogP contribution in [0.4, 0.5) is 5.69 Å². The second-order valence-corrected chi connectivity index (χ2v) is 11.7. The van der Waals surface area contributed by atoms with Crippen molar-refractivity contribution in [3.63, 3.8) is 0 Å². The van der Waals surface area contributed by atoms with Gasteiger partial charge in [-0.15, -0.1) is 0 Å². The molecule has 0 radical (unpaired) electrons. The van der Waals surface area contributed by atoms with E-state index >= 15 is 0 Å². The number of aromatic amines is 1. The number of carbonyl (C=O) groups excluding carboxylic acids is 1. The Morgan fingerprint density at radius 1 is 0.892 bits per heavy atom. The molecule has 1 aromatic heterocycles. The molecule has 5 rings (SSSR count). The molecular formula is C28H28N4O3S2. The summed E-state index contributed by atoms with van der Waals surface area (Å²) < 4.78 is 27.1. The van der Waals surface area contributed by atoms with E-state index in [1.807, 2.05) is 60.4 Å². The molecule has 1 aliphatic rings. The first-order valence-electron chi connectivity index (χ1n) is 12.1. The van der Waals surface area contributed by atoms with Crippen LogP contribution in [-0.4, -0.2) is 61.1 Å². The Kier molecular flexibility index (Phi) is 7.34. The summed E-state index contributed by atoms with van der Waals surface area (Å²) in [6.07, 6.45) is 0. The second-order valence-electron chi connectivity index (χ2n) is 8.89. The SMILES string of the molecule is Cc1ccc(S(=O)(=O)c2[nH]c(-c3ccccc3)nc2SCC(=O)N2CCN(c3ccccc3)CC2)cc1. The third kappa shape index (κ3) is 5.57. The van der Waals surface area contributed by atoms with E-state index in [0.29, 0.717) is 23.9 Å². The van der Waals surface area contributed by atoms with Crippen LogP contribution < -0.4 is 4.90 Å². The van der Waals surface area contributed by atoms with Gasteiger partial charge in [0.1, 0.15) is 10.9 Å². The number of hydrogen-bond donors (Lipinski definition) is 1. The fourth-order valence-electron chi connectivity index (χ4n) is 4.26. The van der Waals surface area contributed by atoms with Gasteiger partial charge in [-0.25, -0.2) is 13.4 Å². The Labute approximate surface area is 221 Å². The molecule has 190 valence electrons. The lowest BCUT2D eigenvalue weighted by Crippen LogP contribution is -2.49. The number of amides is 1. The van der Waals surface area contributed by atoms with Crippen LogP contribution >= 0.6 is 11.8 Å². The first kappa shape index (κ1) is 25.1. The number of para-hydroxylation sites is 1. The van der Waals surface area contributed by atoms with Crippen molar-refractivity contribution < 1.29 is 13.2 Å². The lowest BCUT2D eigenvalue weighted by Gasteiger charge is -2.36. The molecular weight excluding hydrogens is 504 g/mol. The van der Waals surface area contributed by atoms with E-state index in [0.717, 1.165) is 41.7 Å². The van der Waals surface area contributed by atoms with Gasteiger partial charge in [0.25, 0.3) is 0 Å². The number of thioether (sulfide) groups is 1. The Morgan fingerprint density at radius 3 is 2.16 bits per heavy atom. The molecule has 1 amide bonds. The molecule has 3 aromatic carbocycles. The number of hydrogen-bond acceptors (Lipinski definition) is 6. The zero-order chi connectivity index (χ0) is 25.8. The van der Waals surface area contributed by atoms with Gasteiger partial charge in [-0.2, -0.15) is 0 Å². The van der Waals surface area contributed by atoms with Crippen molar-refractivity contribution in [2.75, 3.05) is 36.8 Å². The normalized spacial score (nSPS) is 14.1. The number of H-pyrrole nitrogens is 1. The molecule has 1 fully saturated rings. The Bertz CT molecular complexity index is 1460. The molecule has 1 saturated heterocycles. The van der Waals surface area contributed by atoms with Crippen molar-refractivity contribution >= 4 is 33.2 Å². The number of nitrogens with zero attached hydrogens (tertiary/aromatic N) is 3. The molecule has 0 aliphatic carbocycles. The van der Waals surface area contributed by atoms with E-state index in [1.165, 1.54) is 0 Å². The molecule has 0 saturated carbocycles. The van der Waals surface area contributed by atoms with E-state index in [1.54, 1.807) is 24.3 Å². The predicted octanol–water partition coefficient (Wildman–Crippen LogP) is 4.66. The highest BCUT2D eigenvalue weighted by Crippen LogP contribution is 2.32. The Morgan fingerprint density at radius 2 is 1.51 bits per heavy atom. The highest BCUT2D eigenvalue weighted by atomic mass is 32.2. The monoisotopic (exact) mass is 532 g/mol. The van der Waals surface area contributed by atoms with Gasteiger partial charge in [-0.3, -0.25) is 4.79 Å². The number of nitrogens with one attached hydrogen (secondary N) is 1. The molecule has 2 heterocycles. The maximum atomic E-state index is 13.5. The van der Waals surface area contributed by atoms with Gasteiger partial charge in [0.15, 0.2) is 5.03 Å². The number of imidazole rings is 1. The number of piperazine rings is 1. The first-order valence-corrected chi connectivity index (χ1v) is 14.6. The van der Waals surface area contributed by atoms with Crippen LogP contribution in [0.1, 0.15) is 5.56 Å². The molecule has 0 bridgehead atoms. The van der Waals surface area contributed by atoms with Crippen LogP contribution in [0.25, 0.3) is 11.4 Å². The number of carbonyl (C=O) groups is 1. The van der Waals surface area contributed by atoms with Gasteiger partial charge < -0.3 is 14.8 Å². The second kappa shape index (κ2) is 10.8. The molecule has 7 nitrogen and oxygen atoms in total. The maximum Gasteiger partial charge on any atom is 0.233 e. The third-order valence-electron chi connectivity index (χ3n) is 6.37. The lowest BCUT2D eigenvalue weighted by atomic mass is 10.2. The summed E-state index contributed by atoms with van der Waals surface area (Å²) in [6.45, 7) is 4.67. The molecule has 1 aliphatic heterocycles. The van der Waals surface area contributed by atoms with Crippen molar-refractivity contribution in [2.24, 2.45) is 0 Å². The summed E-state index contributed by atoms with van der Waals surface area (Å²) in [7, 11) is -3.85. The van der Waals surface area contributed by atoms with Gasteiger partial charge in [0.2, 0.25) is 15.7 Å². The van der Waals surface area contributed by atoms with Gasteiger partial charge in [0.05, 0.1) is 10.6 Å². The van der Waals surface area contributed by atoms with Crippen molar-refractivity contribution in [3.05, 3.63) is 90.5 Å². The number of aryl methyl sites for hydroxylation is 1. The smallest absolute Gasteiger partial charge is 0.233 e. The number of aromatic nitrogens is 2. The predicted molar refractivity (Wildman–Crippen MR) is 147 cm³/mol. The number of rotatable bonds is 7. The van der Waals surface area contributed by atoms with Gasteiger partial charge in [-0.05, 0) is 31.2 Å². The molecule has 9 heteroatoms. The first-order chi connectivity index (χ1) is 17.9. The van der Waals surface area contributed by atoms with Crippen molar-refractivity contribution in [1.29, 1.82) is 0 Å². The van der Waals surface area contributed by atoms with E-state index in [4.69, 9.17) is 0 Å². The topological polar surface area (TPSA) is 86.4 Å². The van der Waals surface area contributed by atoms with Crippen molar-refractivity contribution in [1.82, 2.24) is 14.9 Å². The summed E-state index contributed by atoms with van der Waals surface area (Å²) in [5.41, 5.74) is 2.90. The Hall–Kier alpha value is -3.56. The average molecular weight is 533 g/mol. The van der Waals surface area contributed by atoms with Gasteiger partial charge in [-0.1, -0.05) is 78.0 Å². The van der Waals surface area contributed by atoms with Crippen LogP contribution in [0.2, 0.25) is 0 Å². The molecule has 37 heavy (non-hydrogen) atoms. The van der Waals surface area contributed by atoms with Crippen LogP contribution in [0.3, 0.4) is 0 Å². The van der Waals surface area contributed by atoms with Crippen molar-refractivity contribution in [3.8, 4) is 11.4 Å². The van der Waals surface area contributed by atoms with Crippen LogP contribution in [0.5, 0.6) is 0 Å². The molecule has 0 spiro atoms. The van der Waals surface area contributed by atoms with E-state index in [9.17, 15) is 13.2 Å². The fourth-order valence-corrected chi connectivity index (χ4v) is 6.79. The zero-order valence-corrected chi connectivity index (χ0v) is 22.1. The number of anilines is 1. The standard InChI is InChI=1S/C28H28N4O3S2/c1-21-12-14-24(15-13-21)37(34,35)28-27(29-26(30-28)22-8-4-2-5-9-22)36-20-25(33)32-18-16-31(17-19-32)23-10-6-3-7-11-23/h2-15H,16-20H2,1H3,(H,29,30). The lowest BCUT2D eigenvalue weighted by molar-refractivity contribution is -0.128. The minimum atomic E-state index is -3.85. The molecule has 4 aromatic rings. The van der Waals surface area contributed by atoms with Gasteiger partial charge in [0, 0.05) is 37.4 Å². The van der Waals surface area contributed by atoms with Crippen LogP contribution in [0.15, 0.2) is 99.9 Å². The molecule has 0 atom stereocenters. The highest BCUT2D eigenvalue weighted by Gasteiger charge is 2.28. The summed E-state index contributed by atoms with van der Waals surface area (Å²) >= 11 is 1.16. The number of sulfone groups is 1. The van der Waals surface area contributed by atoms with E-state index < -0.39 is 9.84 Å². The summed E-state index contributed by atoms with van der Waals surface area (Å²) in [4.78, 5) is 25.0. The molecule has 1 N–H and O–H groups in total. The molecule has 0 unspecified atom stereocenters. The summed E-state index contributed by atoms with van der Waals surface area (Å²) in [6, 6.07) is 26.3. The minimum Gasteiger partial charge on any atom is -0.368 e. The maximum absolute atomic E-state index is 13.5. The fraction of sp³-hybridized carbons (Fsp3) is 0.214. The Balaban J connectivity index is 1.34. The van der Waals surface area contributed by atoms with Crippen LogP contribution in [0, 0.1) is 6.92 Å². The minimum absolute atomic E-state index is 0.0157. The summed E-state index contributed by atoms with van der Waals surface area (Å²) in [5.74, 6) is 0.541. The summed E-state index contributed by atoms with van der Waals surface area (Å²) in [5, 5.41) is 0.317. The van der Waals surface area contributed by atoms with E-state index in [-0.39, 0.29) is 21.6 Å². The van der Waals surface area contributed by atoms with Crippen molar-refractivity contribution in [2.45, 2.75) is 21.9 Å². The number of benzene rings is 3. The highest BCUT2D eigenvalue weighted by molar-refractivity contribution is 8.00. The largest absolute Gasteiger partial charge is 0.368 e.